The molecule has 0 aliphatic heterocycles. The van der Waals surface area contributed by atoms with Gasteiger partial charge in [-0.25, -0.2) is 9.78 Å². The van der Waals surface area contributed by atoms with Crippen LogP contribution in [0.4, 0.5) is 5.69 Å². The minimum absolute atomic E-state index is 0.0990. The van der Waals surface area contributed by atoms with Gasteiger partial charge in [0.15, 0.2) is 5.89 Å². The minimum atomic E-state index is -0.387. The fraction of sp³-hybridized carbons (Fsp3) is 0.667. The van der Waals surface area contributed by atoms with E-state index in [-0.39, 0.29) is 17.1 Å². The largest absolute Gasteiger partial charge is 0.408 e. The fourth-order valence-corrected chi connectivity index (χ4v) is 3.81. The Labute approximate surface area is 156 Å². The summed E-state index contributed by atoms with van der Waals surface area (Å²) in [5, 5.41) is 12.3. The van der Waals surface area contributed by atoms with E-state index in [9.17, 15) is 14.9 Å². The van der Waals surface area contributed by atoms with Gasteiger partial charge in [-0.05, 0) is 12.8 Å². The first-order valence-corrected chi connectivity index (χ1v) is 10.2. The van der Waals surface area contributed by atoms with Gasteiger partial charge in [0.25, 0.3) is 0 Å². The number of aryl methyl sites for hydroxylation is 1. The highest BCUT2D eigenvalue weighted by Gasteiger charge is 2.10. The van der Waals surface area contributed by atoms with Gasteiger partial charge in [0, 0.05) is 23.1 Å². The lowest BCUT2D eigenvalue weighted by molar-refractivity contribution is -0.480. The molecular formula is C18H27N3O4S. The van der Waals surface area contributed by atoms with E-state index >= 15 is 0 Å². The van der Waals surface area contributed by atoms with Gasteiger partial charge in [-0.1, -0.05) is 44.9 Å². The number of thiophene rings is 1. The molecule has 0 spiro atoms. The molecule has 0 saturated heterocycles. The van der Waals surface area contributed by atoms with Crippen LogP contribution in [0.15, 0.2) is 14.6 Å². The van der Waals surface area contributed by atoms with Crippen molar-refractivity contribution in [3.8, 4) is 0 Å². The molecule has 0 aliphatic rings. The molecule has 0 atom stereocenters. The quantitative estimate of drug-likeness (QED) is 0.309. The second-order valence-electron chi connectivity index (χ2n) is 6.61. The maximum absolute atomic E-state index is 11.9. The highest BCUT2D eigenvalue weighted by Crippen LogP contribution is 2.23. The summed E-state index contributed by atoms with van der Waals surface area (Å²) in [6.45, 7) is 0.0990. The standard InChI is InChI=1S/C18H27N3O4S/c19-14-13-26-17-16(14)18(22)25-15(20-17)11-9-7-5-3-1-2-4-6-8-10-12-21(23)24/h13H,1-12,19H2. The molecular weight excluding hydrogens is 354 g/mol. The smallest absolute Gasteiger partial charge is 0.349 e. The van der Waals surface area contributed by atoms with Crippen LogP contribution in [0.2, 0.25) is 0 Å². The molecule has 2 aromatic rings. The summed E-state index contributed by atoms with van der Waals surface area (Å²) in [5.74, 6) is 0.499. The normalized spacial score (nSPS) is 11.2. The monoisotopic (exact) mass is 381 g/mol. The molecule has 0 amide bonds. The summed E-state index contributed by atoms with van der Waals surface area (Å²) in [6, 6.07) is 0. The Bertz CT molecular complexity index is 756. The van der Waals surface area contributed by atoms with Crippen molar-refractivity contribution in [1.82, 2.24) is 4.98 Å². The van der Waals surface area contributed by atoms with Crippen LogP contribution in [-0.4, -0.2) is 16.5 Å². The fourth-order valence-electron chi connectivity index (χ4n) is 2.98. The molecule has 7 nitrogen and oxygen atoms in total. The first kappa shape index (κ1) is 20.4. The number of nitrogens with zero attached hydrogens (tertiary/aromatic N) is 2. The number of nitro groups is 1. The van der Waals surface area contributed by atoms with E-state index in [4.69, 9.17) is 10.2 Å². The maximum Gasteiger partial charge on any atom is 0.349 e. The van der Waals surface area contributed by atoms with E-state index in [1.807, 2.05) is 0 Å². The third-order valence-electron chi connectivity index (χ3n) is 4.42. The van der Waals surface area contributed by atoms with Gasteiger partial charge in [0.05, 0.1) is 5.69 Å². The van der Waals surface area contributed by atoms with Gasteiger partial charge >= 0.3 is 5.63 Å². The van der Waals surface area contributed by atoms with Gasteiger partial charge in [-0.15, -0.1) is 11.3 Å². The average Bonchev–Trinajstić information content (AvgIpc) is 2.97. The Hall–Kier alpha value is -1.96. The molecule has 0 radical (unpaired) electrons. The van der Waals surface area contributed by atoms with Crippen LogP contribution in [0.5, 0.6) is 0 Å². The van der Waals surface area contributed by atoms with E-state index in [0.29, 0.717) is 34.6 Å². The number of rotatable bonds is 13. The van der Waals surface area contributed by atoms with Gasteiger partial charge in [0.2, 0.25) is 6.54 Å². The van der Waals surface area contributed by atoms with Gasteiger partial charge in [-0.3, -0.25) is 10.1 Å². The van der Waals surface area contributed by atoms with Crippen LogP contribution < -0.4 is 11.4 Å². The first-order chi connectivity index (χ1) is 12.6. The Balaban J connectivity index is 1.51. The second-order valence-corrected chi connectivity index (χ2v) is 7.47. The summed E-state index contributed by atoms with van der Waals surface area (Å²) in [7, 11) is 0. The third-order valence-corrected chi connectivity index (χ3v) is 5.31. The van der Waals surface area contributed by atoms with Crippen molar-refractivity contribution < 1.29 is 9.34 Å². The molecule has 26 heavy (non-hydrogen) atoms. The average molecular weight is 381 g/mol. The first-order valence-electron chi connectivity index (χ1n) is 9.36. The van der Waals surface area contributed by atoms with Crippen LogP contribution in [0.25, 0.3) is 10.2 Å². The van der Waals surface area contributed by atoms with Gasteiger partial charge in [0.1, 0.15) is 10.2 Å². The van der Waals surface area contributed by atoms with Crippen LogP contribution >= 0.6 is 11.3 Å². The summed E-state index contributed by atoms with van der Waals surface area (Å²) in [6.07, 6.45) is 11.4. The van der Waals surface area contributed by atoms with Crippen molar-refractivity contribution in [3.63, 3.8) is 0 Å². The van der Waals surface area contributed by atoms with E-state index in [1.165, 1.54) is 37.0 Å². The zero-order valence-corrected chi connectivity index (χ0v) is 15.9. The maximum atomic E-state index is 11.9. The Morgan fingerprint density at radius 3 is 2.23 bits per heavy atom. The summed E-state index contributed by atoms with van der Waals surface area (Å²) in [5.41, 5.74) is 5.79. The highest BCUT2D eigenvalue weighted by atomic mass is 32.1. The number of aromatic nitrogens is 1. The van der Waals surface area contributed by atoms with E-state index in [0.717, 1.165) is 32.1 Å². The molecule has 0 unspecified atom stereocenters. The summed E-state index contributed by atoms with van der Waals surface area (Å²) < 4.78 is 5.25. The van der Waals surface area contributed by atoms with Crippen molar-refractivity contribution in [2.24, 2.45) is 0 Å². The highest BCUT2D eigenvalue weighted by molar-refractivity contribution is 7.17. The van der Waals surface area contributed by atoms with E-state index < -0.39 is 0 Å². The number of unbranched alkanes of at least 4 members (excludes halogenated alkanes) is 9. The number of nitrogens with two attached hydrogens (primary N) is 1. The third kappa shape index (κ3) is 6.74. The number of hydrogen-bond donors (Lipinski definition) is 1. The zero-order chi connectivity index (χ0) is 18.8. The SMILES string of the molecule is Nc1csc2nc(CCCCCCCCCCCC[N+](=O)[O-])oc(=O)c12. The lowest BCUT2D eigenvalue weighted by Gasteiger charge is -2.02. The Morgan fingerprint density at radius 2 is 1.62 bits per heavy atom. The molecule has 2 heterocycles. The van der Waals surface area contributed by atoms with Crippen molar-refractivity contribution in [2.75, 3.05) is 12.3 Å². The second kappa shape index (κ2) is 10.9. The molecule has 0 fully saturated rings. The Kier molecular flexibility index (Phi) is 8.53. The van der Waals surface area contributed by atoms with Crippen molar-refractivity contribution in [2.45, 2.75) is 70.6 Å². The van der Waals surface area contributed by atoms with Crippen molar-refractivity contribution >= 4 is 27.2 Å². The number of nitrogen functional groups attached to an aromatic ring is 1. The van der Waals surface area contributed by atoms with Crippen LogP contribution in [0.1, 0.15) is 70.1 Å². The Morgan fingerprint density at radius 1 is 1.04 bits per heavy atom. The molecule has 0 bridgehead atoms. The molecule has 0 aliphatic carbocycles. The van der Waals surface area contributed by atoms with Crippen molar-refractivity contribution in [1.29, 1.82) is 0 Å². The van der Waals surface area contributed by atoms with Gasteiger partial charge < -0.3 is 10.2 Å². The number of hydrogen-bond acceptors (Lipinski definition) is 7. The lowest BCUT2D eigenvalue weighted by atomic mass is 10.1. The molecule has 2 N–H and O–H groups in total. The number of fused-ring (bicyclic) bond motifs is 1. The molecule has 8 heteroatoms. The topological polar surface area (TPSA) is 112 Å². The molecule has 2 rings (SSSR count). The van der Waals surface area contributed by atoms with Crippen molar-refractivity contribution in [3.05, 3.63) is 31.8 Å². The minimum Gasteiger partial charge on any atom is -0.408 e. The molecule has 0 saturated carbocycles. The predicted octanol–water partition coefficient (Wildman–Crippen LogP) is 4.55. The van der Waals surface area contributed by atoms with Crippen LogP contribution in [-0.2, 0) is 6.42 Å². The molecule has 144 valence electrons. The molecule has 2 aromatic heterocycles. The number of anilines is 1. The lowest BCUT2D eigenvalue weighted by Crippen LogP contribution is -2.05. The zero-order valence-electron chi connectivity index (χ0n) is 15.1. The van der Waals surface area contributed by atoms with E-state index in [2.05, 4.69) is 4.98 Å². The van der Waals surface area contributed by atoms with Gasteiger partial charge in [-0.2, -0.15) is 0 Å². The van der Waals surface area contributed by atoms with Crippen LogP contribution in [0.3, 0.4) is 0 Å². The predicted molar refractivity (Wildman–Crippen MR) is 104 cm³/mol. The van der Waals surface area contributed by atoms with Crippen LogP contribution in [0, 0.1) is 10.1 Å². The molecule has 0 aromatic carbocycles. The summed E-state index contributed by atoms with van der Waals surface area (Å²) >= 11 is 1.37. The van der Waals surface area contributed by atoms with E-state index in [1.54, 1.807) is 5.38 Å². The summed E-state index contributed by atoms with van der Waals surface area (Å²) in [4.78, 5) is 26.9.